The van der Waals surface area contributed by atoms with E-state index in [4.69, 9.17) is 4.74 Å². The summed E-state index contributed by atoms with van der Waals surface area (Å²) in [5.74, 6) is 12.5. The van der Waals surface area contributed by atoms with Crippen LogP contribution in [0.1, 0.15) is 163 Å². The van der Waals surface area contributed by atoms with E-state index in [1.54, 1.807) is 32.1 Å². The van der Waals surface area contributed by atoms with Crippen LogP contribution in [0, 0.1) is 82.3 Å². The molecular formula is C45H80OSi. The highest BCUT2D eigenvalue weighted by Crippen LogP contribution is 2.69. The molecule has 7 rings (SSSR count). The van der Waals surface area contributed by atoms with Crippen LogP contribution in [0.3, 0.4) is 0 Å². The molecule has 0 saturated heterocycles. The number of fused-ring (bicyclic) bond motifs is 2. The minimum Gasteiger partial charge on any atom is -0.381 e. The molecule has 2 heteroatoms. The Labute approximate surface area is 294 Å². The van der Waals surface area contributed by atoms with Crippen LogP contribution in [0.25, 0.3) is 0 Å². The lowest BCUT2D eigenvalue weighted by atomic mass is 9.57. The molecule has 0 bridgehead atoms. The molecule has 1 nitrogen and oxygen atoms in total. The van der Waals surface area contributed by atoms with Gasteiger partial charge >= 0.3 is 0 Å². The molecule has 7 saturated carbocycles. The van der Waals surface area contributed by atoms with Gasteiger partial charge in [-0.15, -0.1) is 0 Å². The highest BCUT2D eigenvalue weighted by Gasteiger charge is 2.63. The molecule has 0 spiro atoms. The second-order valence-electron chi connectivity index (χ2n) is 21.5. The fraction of sp³-hybridized carbons (Fsp3) is 1.00. The Hall–Kier alpha value is 0.177. The molecule has 0 aromatic rings. The molecule has 7 aliphatic rings. The van der Waals surface area contributed by atoms with Gasteiger partial charge in [0.1, 0.15) is 0 Å². The summed E-state index contributed by atoms with van der Waals surface area (Å²) in [6, 6.07) is 0. The van der Waals surface area contributed by atoms with E-state index in [1.807, 2.05) is 0 Å². The van der Waals surface area contributed by atoms with E-state index in [-0.39, 0.29) is 0 Å². The van der Waals surface area contributed by atoms with E-state index in [9.17, 15) is 0 Å². The summed E-state index contributed by atoms with van der Waals surface area (Å²) in [4.78, 5) is 0. The molecule has 0 amide bonds. The first-order chi connectivity index (χ1) is 22.5. The topological polar surface area (TPSA) is 9.23 Å². The van der Waals surface area contributed by atoms with Crippen molar-refractivity contribution in [2.45, 2.75) is 193 Å². The number of methoxy groups -OCH3 is 1. The summed E-state index contributed by atoms with van der Waals surface area (Å²) in [7, 11) is 0.563. The zero-order valence-electron chi connectivity index (χ0n) is 32.8. The third-order valence-electron chi connectivity index (χ3n) is 18.0. The minimum atomic E-state index is -1.58. The third kappa shape index (κ3) is 6.68. The lowest BCUT2D eigenvalue weighted by molar-refractivity contribution is -0.108. The molecule has 7 aliphatic carbocycles. The second-order valence-corrected chi connectivity index (χ2v) is 26.5. The lowest BCUT2D eigenvalue weighted by Crippen LogP contribution is -2.53. The Morgan fingerprint density at radius 1 is 0.489 bits per heavy atom. The van der Waals surface area contributed by atoms with Gasteiger partial charge < -0.3 is 4.74 Å². The molecule has 0 radical (unpaired) electrons. The maximum Gasteiger partial charge on any atom is 0.0635 e. The smallest absolute Gasteiger partial charge is 0.0635 e. The number of hydrogen-bond donors (Lipinski definition) is 0. The van der Waals surface area contributed by atoms with Crippen molar-refractivity contribution in [1.29, 1.82) is 0 Å². The van der Waals surface area contributed by atoms with Crippen molar-refractivity contribution in [2.24, 2.45) is 82.3 Å². The van der Waals surface area contributed by atoms with Crippen LogP contribution >= 0.6 is 0 Å². The van der Waals surface area contributed by atoms with Crippen molar-refractivity contribution < 1.29 is 4.74 Å². The summed E-state index contributed by atoms with van der Waals surface area (Å²) in [5.41, 5.74) is 2.55. The van der Waals surface area contributed by atoms with Crippen molar-refractivity contribution in [1.82, 2.24) is 0 Å². The van der Waals surface area contributed by atoms with E-state index in [1.165, 1.54) is 96.3 Å². The second kappa shape index (κ2) is 14.3. The van der Waals surface area contributed by atoms with Gasteiger partial charge in [0.15, 0.2) is 0 Å². The summed E-state index contributed by atoms with van der Waals surface area (Å²) < 4.78 is 6.80. The van der Waals surface area contributed by atoms with Gasteiger partial charge in [-0.05, 0) is 126 Å². The Morgan fingerprint density at radius 3 is 1.45 bits per heavy atom. The largest absolute Gasteiger partial charge is 0.381 e. The maximum absolute atomic E-state index is 6.80. The molecule has 270 valence electrons. The molecule has 11 unspecified atom stereocenters. The van der Waals surface area contributed by atoms with Crippen LogP contribution in [0.5, 0.6) is 0 Å². The maximum atomic E-state index is 6.80. The van der Waals surface area contributed by atoms with Crippen molar-refractivity contribution in [2.75, 3.05) is 7.11 Å². The van der Waals surface area contributed by atoms with Crippen molar-refractivity contribution >= 4 is 8.07 Å². The summed E-state index contributed by atoms with van der Waals surface area (Å²) in [6.45, 7) is 19.4. The Kier molecular flexibility index (Phi) is 10.8. The highest BCUT2D eigenvalue weighted by molar-refractivity contribution is 6.80. The predicted octanol–water partition coefficient (Wildman–Crippen LogP) is 13.4. The number of ether oxygens (including phenoxy) is 1. The SMILES string of the molecule is COC1C(C2CCCCC2)CC2C(CC(C)C2[Si](C)(C)C2C(C)CC3C2CC(C(C)(C)C)C[C@@H]3C2CCCCC2)[C@H]1C1CCCCC1. The predicted molar refractivity (Wildman–Crippen MR) is 204 cm³/mol. The summed E-state index contributed by atoms with van der Waals surface area (Å²) in [6.07, 6.45) is 30.9. The van der Waals surface area contributed by atoms with Gasteiger partial charge in [0.05, 0.1) is 14.2 Å². The van der Waals surface area contributed by atoms with Gasteiger partial charge in [0.2, 0.25) is 0 Å². The molecular weight excluding hydrogens is 585 g/mol. The molecule has 0 aromatic heterocycles. The van der Waals surface area contributed by atoms with E-state index < -0.39 is 8.07 Å². The minimum absolute atomic E-state index is 0.463. The van der Waals surface area contributed by atoms with Gasteiger partial charge in [-0.3, -0.25) is 0 Å². The van der Waals surface area contributed by atoms with Gasteiger partial charge in [0.25, 0.3) is 0 Å². The third-order valence-corrected chi connectivity index (χ3v) is 23.4. The Bertz CT molecular complexity index is 1010. The molecule has 47 heavy (non-hydrogen) atoms. The molecule has 0 aliphatic heterocycles. The molecule has 7 fully saturated rings. The van der Waals surface area contributed by atoms with E-state index in [2.05, 4.69) is 54.8 Å². The van der Waals surface area contributed by atoms with Gasteiger partial charge in [0, 0.05) is 7.11 Å². The van der Waals surface area contributed by atoms with Gasteiger partial charge in [-0.25, -0.2) is 0 Å². The quantitative estimate of drug-likeness (QED) is 0.257. The molecule has 0 aromatic carbocycles. The first kappa shape index (κ1) is 35.6. The summed E-state index contributed by atoms with van der Waals surface area (Å²) in [5, 5.41) is 0. The van der Waals surface area contributed by atoms with Gasteiger partial charge in [-0.2, -0.15) is 0 Å². The summed E-state index contributed by atoms with van der Waals surface area (Å²) >= 11 is 0. The van der Waals surface area contributed by atoms with Crippen molar-refractivity contribution in [3.05, 3.63) is 0 Å². The number of rotatable bonds is 6. The van der Waals surface area contributed by atoms with E-state index >= 15 is 0 Å². The van der Waals surface area contributed by atoms with E-state index in [0.717, 1.165) is 88.0 Å². The average Bonchev–Trinajstić information content (AvgIpc) is 3.59. The van der Waals surface area contributed by atoms with Crippen LogP contribution in [0.4, 0.5) is 0 Å². The lowest BCUT2D eigenvalue weighted by Gasteiger charge is -2.55. The van der Waals surface area contributed by atoms with Crippen LogP contribution in [0.2, 0.25) is 24.2 Å². The highest BCUT2D eigenvalue weighted by atomic mass is 28.3. The Balaban J connectivity index is 1.21. The van der Waals surface area contributed by atoms with Crippen LogP contribution < -0.4 is 0 Å². The molecule has 13 atom stereocenters. The average molecular weight is 665 g/mol. The standard InChI is InChI=1S/C45H80OSi/c1-29-24-37-35(31-18-12-9-13-19-31)26-34(45(3,4)5)27-39(37)43(29)47(7,8)44-30(2)25-38-40(44)28-36(32-20-14-10-15-21-32)42(46-6)41(38)33-22-16-11-17-23-33/h29-44H,9-28H2,1-8H3/t29?,30?,34?,35-,36?,37?,38?,39?,40?,41-,42?,43?,44?/m1/s1. The number of hydrogen-bond acceptors (Lipinski definition) is 1. The van der Waals surface area contributed by atoms with Crippen LogP contribution in [-0.2, 0) is 4.74 Å². The zero-order chi connectivity index (χ0) is 33.1. The van der Waals surface area contributed by atoms with Crippen LogP contribution in [0.15, 0.2) is 0 Å². The monoisotopic (exact) mass is 665 g/mol. The first-order valence-corrected chi connectivity index (χ1v) is 25.2. The fourth-order valence-corrected chi connectivity index (χ4v) is 23.1. The van der Waals surface area contributed by atoms with Crippen molar-refractivity contribution in [3.8, 4) is 0 Å². The van der Waals surface area contributed by atoms with E-state index in [0.29, 0.717) is 11.5 Å². The Morgan fingerprint density at radius 2 is 0.936 bits per heavy atom. The van der Waals surface area contributed by atoms with Gasteiger partial charge in [-0.1, -0.05) is 144 Å². The fourth-order valence-electron chi connectivity index (χ4n) is 16.5. The van der Waals surface area contributed by atoms with Crippen LogP contribution in [-0.4, -0.2) is 21.3 Å². The molecule has 0 N–H and O–H groups in total. The zero-order valence-corrected chi connectivity index (χ0v) is 33.8. The molecule has 0 heterocycles. The van der Waals surface area contributed by atoms with Crippen molar-refractivity contribution in [3.63, 3.8) is 0 Å². The normalized spacial score (nSPS) is 46.3. The first-order valence-electron chi connectivity index (χ1n) is 22.0.